The zero-order chi connectivity index (χ0) is 7.78. The predicted octanol–water partition coefficient (Wildman–Crippen LogP) is 1.16. The summed E-state index contributed by atoms with van der Waals surface area (Å²) in [6.07, 6.45) is 1.65. The summed E-state index contributed by atoms with van der Waals surface area (Å²) in [5.74, 6) is 0. The van der Waals surface area contributed by atoms with Crippen molar-refractivity contribution in [2.75, 3.05) is 7.11 Å². The van der Waals surface area contributed by atoms with Crippen molar-refractivity contribution in [3.63, 3.8) is 0 Å². The maximum absolute atomic E-state index is 5.16. The standard InChI is InChI=1S/C8H17NO/c1-8(2,3)9-6-5-7(6)10-4/h6-7,9H,5H2,1-4H3/t6?,7-/m1/s1. The molecule has 0 bridgehead atoms. The summed E-state index contributed by atoms with van der Waals surface area (Å²) in [6.45, 7) is 6.54. The SMILES string of the molecule is CO[C@@H]1CC1NC(C)(C)C. The van der Waals surface area contributed by atoms with Gasteiger partial charge in [-0.15, -0.1) is 0 Å². The van der Waals surface area contributed by atoms with Gasteiger partial charge in [0.15, 0.2) is 0 Å². The highest BCUT2D eigenvalue weighted by Gasteiger charge is 2.39. The number of hydrogen-bond donors (Lipinski definition) is 1. The van der Waals surface area contributed by atoms with Gasteiger partial charge in [-0.25, -0.2) is 0 Å². The Morgan fingerprint density at radius 1 is 1.40 bits per heavy atom. The Hall–Kier alpha value is -0.0800. The number of methoxy groups -OCH3 is 1. The second-order valence-electron chi connectivity index (χ2n) is 4.01. The molecule has 1 aliphatic carbocycles. The van der Waals surface area contributed by atoms with Crippen LogP contribution in [0.1, 0.15) is 27.2 Å². The average molecular weight is 143 g/mol. The van der Waals surface area contributed by atoms with E-state index in [4.69, 9.17) is 4.74 Å². The molecule has 1 rings (SSSR count). The van der Waals surface area contributed by atoms with Crippen molar-refractivity contribution in [3.05, 3.63) is 0 Å². The number of ether oxygens (including phenoxy) is 1. The molecule has 0 aromatic carbocycles. The summed E-state index contributed by atoms with van der Waals surface area (Å²) in [4.78, 5) is 0. The van der Waals surface area contributed by atoms with Gasteiger partial charge in [0.1, 0.15) is 0 Å². The van der Waals surface area contributed by atoms with Gasteiger partial charge in [0.25, 0.3) is 0 Å². The maximum Gasteiger partial charge on any atom is 0.0741 e. The predicted molar refractivity (Wildman–Crippen MR) is 42.1 cm³/mol. The lowest BCUT2D eigenvalue weighted by Crippen LogP contribution is -2.38. The lowest BCUT2D eigenvalue weighted by Gasteiger charge is -2.20. The second-order valence-corrected chi connectivity index (χ2v) is 4.01. The molecule has 0 spiro atoms. The first-order valence-electron chi connectivity index (χ1n) is 3.83. The van der Waals surface area contributed by atoms with Crippen LogP contribution in [0, 0.1) is 0 Å². The maximum atomic E-state index is 5.16. The van der Waals surface area contributed by atoms with Gasteiger partial charge in [-0.2, -0.15) is 0 Å². The zero-order valence-electron chi connectivity index (χ0n) is 7.27. The van der Waals surface area contributed by atoms with Crippen molar-refractivity contribution in [1.29, 1.82) is 0 Å². The Labute approximate surface area is 63.0 Å². The van der Waals surface area contributed by atoms with E-state index in [1.807, 2.05) is 0 Å². The first-order valence-corrected chi connectivity index (χ1v) is 3.83. The number of hydrogen-bond acceptors (Lipinski definition) is 2. The van der Waals surface area contributed by atoms with Crippen LogP contribution in [0.2, 0.25) is 0 Å². The lowest BCUT2D eigenvalue weighted by molar-refractivity contribution is 0.169. The third-order valence-electron chi connectivity index (χ3n) is 1.65. The van der Waals surface area contributed by atoms with Crippen molar-refractivity contribution in [2.45, 2.75) is 44.9 Å². The molecule has 0 heterocycles. The Balaban J connectivity index is 2.18. The minimum absolute atomic E-state index is 0.234. The molecule has 1 unspecified atom stereocenters. The van der Waals surface area contributed by atoms with Gasteiger partial charge in [-0.05, 0) is 27.2 Å². The van der Waals surface area contributed by atoms with E-state index in [-0.39, 0.29) is 5.54 Å². The van der Waals surface area contributed by atoms with E-state index in [2.05, 4.69) is 26.1 Å². The summed E-state index contributed by atoms with van der Waals surface area (Å²) in [5.41, 5.74) is 0.234. The van der Waals surface area contributed by atoms with E-state index in [1.54, 1.807) is 7.11 Å². The van der Waals surface area contributed by atoms with Gasteiger partial charge in [0.05, 0.1) is 6.10 Å². The van der Waals surface area contributed by atoms with Crippen molar-refractivity contribution >= 4 is 0 Å². The molecular weight excluding hydrogens is 126 g/mol. The van der Waals surface area contributed by atoms with Crippen LogP contribution in [0.25, 0.3) is 0 Å². The van der Waals surface area contributed by atoms with Crippen LogP contribution < -0.4 is 5.32 Å². The largest absolute Gasteiger partial charge is 0.380 e. The summed E-state index contributed by atoms with van der Waals surface area (Å²) < 4.78 is 5.16. The third kappa shape index (κ3) is 2.27. The van der Waals surface area contributed by atoms with Crippen LogP contribution in [0.15, 0.2) is 0 Å². The van der Waals surface area contributed by atoms with Crippen LogP contribution in [-0.2, 0) is 4.74 Å². The summed E-state index contributed by atoms with van der Waals surface area (Å²) in [6, 6.07) is 0.602. The molecule has 60 valence electrons. The van der Waals surface area contributed by atoms with E-state index in [0.717, 1.165) is 0 Å². The molecule has 0 amide bonds. The first kappa shape index (κ1) is 8.02. The van der Waals surface area contributed by atoms with E-state index in [0.29, 0.717) is 12.1 Å². The highest BCUT2D eigenvalue weighted by atomic mass is 16.5. The lowest BCUT2D eigenvalue weighted by atomic mass is 10.1. The Kier molecular flexibility index (Phi) is 2.02. The van der Waals surface area contributed by atoms with Crippen LogP contribution in [0.3, 0.4) is 0 Å². The van der Waals surface area contributed by atoms with Gasteiger partial charge in [0.2, 0.25) is 0 Å². The van der Waals surface area contributed by atoms with E-state index < -0.39 is 0 Å². The fraction of sp³-hybridized carbons (Fsp3) is 1.00. The Morgan fingerprint density at radius 2 is 2.00 bits per heavy atom. The minimum atomic E-state index is 0.234. The number of rotatable bonds is 2. The zero-order valence-corrected chi connectivity index (χ0v) is 7.27. The average Bonchev–Trinajstić information content (AvgIpc) is 2.42. The summed E-state index contributed by atoms with van der Waals surface area (Å²) in [5, 5.41) is 3.47. The molecule has 0 aromatic rings. The second kappa shape index (κ2) is 2.51. The first-order chi connectivity index (χ1) is 4.53. The Bertz CT molecular complexity index is 117. The van der Waals surface area contributed by atoms with Gasteiger partial charge in [0, 0.05) is 18.7 Å². The van der Waals surface area contributed by atoms with Crippen molar-refractivity contribution in [2.24, 2.45) is 0 Å². The molecule has 1 N–H and O–H groups in total. The topological polar surface area (TPSA) is 21.3 Å². The quantitative estimate of drug-likeness (QED) is 0.626. The van der Waals surface area contributed by atoms with E-state index in [9.17, 15) is 0 Å². The van der Waals surface area contributed by atoms with Crippen LogP contribution in [0.5, 0.6) is 0 Å². The molecule has 2 atom stereocenters. The van der Waals surface area contributed by atoms with Gasteiger partial charge in [-0.1, -0.05) is 0 Å². The molecule has 0 radical (unpaired) electrons. The van der Waals surface area contributed by atoms with Gasteiger partial charge >= 0.3 is 0 Å². The van der Waals surface area contributed by atoms with Crippen LogP contribution in [0.4, 0.5) is 0 Å². The molecule has 1 fully saturated rings. The third-order valence-corrected chi connectivity index (χ3v) is 1.65. The molecule has 10 heavy (non-hydrogen) atoms. The van der Waals surface area contributed by atoms with E-state index in [1.165, 1.54) is 6.42 Å². The monoisotopic (exact) mass is 143 g/mol. The van der Waals surface area contributed by atoms with Crippen molar-refractivity contribution in [1.82, 2.24) is 5.32 Å². The number of nitrogens with one attached hydrogen (secondary N) is 1. The van der Waals surface area contributed by atoms with Crippen molar-refractivity contribution in [3.8, 4) is 0 Å². The molecule has 1 saturated carbocycles. The summed E-state index contributed by atoms with van der Waals surface area (Å²) in [7, 11) is 1.77. The Morgan fingerprint density at radius 3 is 2.30 bits per heavy atom. The molecule has 1 aliphatic rings. The minimum Gasteiger partial charge on any atom is -0.380 e. The summed E-state index contributed by atoms with van der Waals surface area (Å²) >= 11 is 0. The fourth-order valence-corrected chi connectivity index (χ4v) is 1.14. The van der Waals surface area contributed by atoms with Gasteiger partial charge in [-0.3, -0.25) is 0 Å². The smallest absolute Gasteiger partial charge is 0.0741 e. The highest BCUT2D eigenvalue weighted by molar-refractivity contribution is 4.97. The highest BCUT2D eigenvalue weighted by Crippen LogP contribution is 2.26. The van der Waals surface area contributed by atoms with E-state index >= 15 is 0 Å². The molecule has 0 saturated heterocycles. The van der Waals surface area contributed by atoms with Crippen LogP contribution >= 0.6 is 0 Å². The molecule has 0 aromatic heterocycles. The van der Waals surface area contributed by atoms with Crippen LogP contribution in [-0.4, -0.2) is 24.8 Å². The van der Waals surface area contributed by atoms with Gasteiger partial charge < -0.3 is 10.1 Å². The van der Waals surface area contributed by atoms with Crippen molar-refractivity contribution < 1.29 is 4.74 Å². The molecule has 2 nitrogen and oxygen atoms in total. The molecular formula is C8H17NO. The normalized spacial score (nSPS) is 32.4. The molecule has 2 heteroatoms. The fourth-order valence-electron chi connectivity index (χ4n) is 1.14. The molecule has 0 aliphatic heterocycles.